The largest absolute Gasteiger partial charge is 0.366 e. The number of nitrogens with zero attached hydrogens (tertiary/aromatic N) is 5. The fourth-order valence-electron chi connectivity index (χ4n) is 1.18. The van der Waals surface area contributed by atoms with Gasteiger partial charge in [0, 0.05) is 20.2 Å². The third kappa shape index (κ3) is 1.07. The molecular weight excluding hydrogens is 168 g/mol. The van der Waals surface area contributed by atoms with Gasteiger partial charge in [0.05, 0.1) is 11.6 Å². The summed E-state index contributed by atoms with van der Waals surface area (Å²) in [5.74, 6) is 0.375. The van der Waals surface area contributed by atoms with Crippen LogP contribution in [0.3, 0.4) is 0 Å². The Morgan fingerprint density at radius 3 is 3.00 bits per heavy atom. The van der Waals surface area contributed by atoms with Crippen molar-refractivity contribution in [1.82, 2.24) is 19.4 Å². The number of nitrogen functional groups attached to an aromatic ring is 1. The van der Waals surface area contributed by atoms with Crippen molar-refractivity contribution in [2.75, 3.05) is 12.8 Å². The van der Waals surface area contributed by atoms with Crippen molar-refractivity contribution in [2.45, 2.75) is 0 Å². The van der Waals surface area contributed by atoms with E-state index >= 15 is 0 Å². The molecule has 68 valence electrons. The van der Waals surface area contributed by atoms with E-state index in [-0.39, 0.29) is 0 Å². The van der Waals surface area contributed by atoms with Gasteiger partial charge in [0.15, 0.2) is 5.65 Å². The molecule has 0 aliphatic carbocycles. The first-order valence-corrected chi connectivity index (χ1v) is 3.83. The molecule has 2 rings (SSSR count). The second kappa shape index (κ2) is 2.58. The molecule has 0 aliphatic heterocycles. The summed E-state index contributed by atoms with van der Waals surface area (Å²) in [6.45, 7) is 0. The Morgan fingerprint density at radius 2 is 2.31 bits per heavy atom. The van der Waals surface area contributed by atoms with E-state index in [0.29, 0.717) is 5.95 Å². The van der Waals surface area contributed by atoms with Gasteiger partial charge in [-0.05, 0) is 0 Å². The summed E-state index contributed by atoms with van der Waals surface area (Å²) >= 11 is 0. The summed E-state index contributed by atoms with van der Waals surface area (Å²) in [7, 11) is 3.53. The summed E-state index contributed by atoms with van der Waals surface area (Å²) in [6.07, 6.45) is 1.64. The minimum atomic E-state index is 0.375. The molecule has 2 N–H and O–H groups in total. The van der Waals surface area contributed by atoms with Crippen LogP contribution in [0.4, 0.5) is 5.95 Å². The van der Waals surface area contributed by atoms with Crippen LogP contribution in [0.2, 0.25) is 0 Å². The lowest BCUT2D eigenvalue weighted by Crippen LogP contribution is -2.07. The van der Waals surface area contributed by atoms with Gasteiger partial charge in [0.25, 0.3) is 0 Å². The molecule has 0 aliphatic rings. The van der Waals surface area contributed by atoms with Crippen molar-refractivity contribution in [3.63, 3.8) is 0 Å². The molecule has 0 fully saturated rings. The highest BCUT2D eigenvalue weighted by molar-refractivity contribution is 5.41. The smallest absolute Gasteiger partial charge is 0.241 e. The number of hydrogen-bond acceptors (Lipinski definition) is 4. The maximum absolute atomic E-state index is 5.61. The Kier molecular flexibility index (Phi) is 1.54. The molecule has 0 radical (unpaired) electrons. The molecule has 13 heavy (non-hydrogen) atoms. The van der Waals surface area contributed by atoms with Crippen molar-refractivity contribution >= 4 is 11.6 Å². The predicted molar refractivity (Wildman–Crippen MR) is 47.9 cm³/mol. The summed E-state index contributed by atoms with van der Waals surface area (Å²) in [4.78, 5) is 4.01. The summed E-state index contributed by atoms with van der Waals surface area (Å²) in [5.41, 5.74) is 6.43. The number of anilines is 1. The average Bonchev–Trinajstić information content (AvgIpc) is 2.42. The summed E-state index contributed by atoms with van der Waals surface area (Å²) < 4.78 is 3.23. The van der Waals surface area contributed by atoms with Crippen molar-refractivity contribution in [1.29, 1.82) is 0 Å². The second-order valence-corrected chi connectivity index (χ2v) is 2.69. The molecule has 0 amide bonds. The SMILES string of the molecule is C/N=c1\cnn2c(N)nn(C)c2c1. The van der Waals surface area contributed by atoms with Gasteiger partial charge < -0.3 is 5.73 Å². The molecule has 6 heteroatoms. The number of rotatable bonds is 0. The molecule has 0 aromatic carbocycles. The third-order valence-electron chi connectivity index (χ3n) is 1.86. The highest BCUT2D eigenvalue weighted by Crippen LogP contribution is 2.01. The third-order valence-corrected chi connectivity index (χ3v) is 1.86. The first-order valence-electron chi connectivity index (χ1n) is 3.83. The van der Waals surface area contributed by atoms with E-state index in [4.69, 9.17) is 5.73 Å². The Balaban J connectivity index is 2.92. The number of aromatic nitrogens is 4. The molecule has 0 unspecified atom stereocenters. The van der Waals surface area contributed by atoms with E-state index in [1.165, 1.54) is 0 Å². The quantitative estimate of drug-likeness (QED) is 0.572. The standard InChI is InChI=1S/C7H10N6/c1-9-5-3-6-12(2)11-7(8)13(6)10-4-5/h3-4H,1-2H3,(H2,8,11)/b9-5-. The Labute approximate surface area is 74.3 Å². The van der Waals surface area contributed by atoms with Crippen LogP contribution in [0.5, 0.6) is 0 Å². The lowest BCUT2D eigenvalue weighted by Gasteiger charge is -1.93. The lowest BCUT2D eigenvalue weighted by atomic mass is 10.5. The fourth-order valence-corrected chi connectivity index (χ4v) is 1.18. The van der Waals surface area contributed by atoms with Crippen molar-refractivity contribution in [2.24, 2.45) is 12.0 Å². The van der Waals surface area contributed by atoms with Crippen molar-refractivity contribution in [3.05, 3.63) is 17.6 Å². The highest BCUT2D eigenvalue weighted by Gasteiger charge is 2.02. The maximum atomic E-state index is 5.61. The number of fused-ring (bicyclic) bond motifs is 1. The number of hydrogen-bond donors (Lipinski definition) is 1. The van der Waals surface area contributed by atoms with E-state index < -0.39 is 0 Å². The number of nitrogens with two attached hydrogens (primary N) is 1. The van der Waals surface area contributed by atoms with Gasteiger partial charge in [-0.15, -0.1) is 5.10 Å². The zero-order chi connectivity index (χ0) is 9.42. The molecule has 2 aromatic rings. The summed E-state index contributed by atoms with van der Waals surface area (Å²) in [6, 6.07) is 1.87. The molecular formula is C7H10N6. The lowest BCUT2D eigenvalue weighted by molar-refractivity contribution is 0.798. The molecule has 0 saturated carbocycles. The number of aryl methyl sites for hydroxylation is 1. The Bertz CT molecular complexity index is 505. The molecule has 2 heterocycles. The first-order chi connectivity index (χ1) is 6.22. The van der Waals surface area contributed by atoms with Crippen LogP contribution in [-0.2, 0) is 7.05 Å². The maximum Gasteiger partial charge on any atom is 0.241 e. The van der Waals surface area contributed by atoms with Gasteiger partial charge in [0.1, 0.15) is 0 Å². The Morgan fingerprint density at radius 1 is 1.54 bits per heavy atom. The van der Waals surface area contributed by atoms with Crippen LogP contribution in [0.15, 0.2) is 17.3 Å². The normalized spacial score (nSPS) is 12.6. The van der Waals surface area contributed by atoms with Gasteiger partial charge in [-0.2, -0.15) is 9.61 Å². The molecule has 6 nitrogen and oxygen atoms in total. The van der Waals surface area contributed by atoms with E-state index in [2.05, 4.69) is 15.2 Å². The topological polar surface area (TPSA) is 73.5 Å². The predicted octanol–water partition coefficient (Wildman–Crippen LogP) is -0.820. The van der Waals surface area contributed by atoms with E-state index in [0.717, 1.165) is 11.0 Å². The van der Waals surface area contributed by atoms with Gasteiger partial charge in [-0.25, -0.2) is 4.68 Å². The highest BCUT2D eigenvalue weighted by atomic mass is 15.4. The van der Waals surface area contributed by atoms with Crippen LogP contribution >= 0.6 is 0 Å². The van der Waals surface area contributed by atoms with Crippen LogP contribution < -0.4 is 11.1 Å². The average molecular weight is 178 g/mol. The fraction of sp³-hybridized carbons (Fsp3) is 0.286. The minimum absolute atomic E-state index is 0.375. The van der Waals surface area contributed by atoms with Crippen LogP contribution in [0.1, 0.15) is 0 Å². The Hall–Kier alpha value is -1.85. The van der Waals surface area contributed by atoms with E-state index in [9.17, 15) is 0 Å². The summed E-state index contributed by atoms with van der Waals surface area (Å²) in [5, 5.41) is 8.91. The first kappa shape index (κ1) is 7.78. The van der Waals surface area contributed by atoms with Gasteiger partial charge in [-0.1, -0.05) is 0 Å². The molecule has 0 spiro atoms. The van der Waals surface area contributed by atoms with Crippen LogP contribution in [0.25, 0.3) is 5.65 Å². The zero-order valence-corrected chi connectivity index (χ0v) is 7.47. The van der Waals surface area contributed by atoms with Gasteiger partial charge in [-0.3, -0.25) is 4.99 Å². The minimum Gasteiger partial charge on any atom is -0.366 e. The van der Waals surface area contributed by atoms with Crippen LogP contribution in [0, 0.1) is 0 Å². The van der Waals surface area contributed by atoms with Crippen molar-refractivity contribution < 1.29 is 0 Å². The van der Waals surface area contributed by atoms with E-state index in [1.54, 1.807) is 22.4 Å². The zero-order valence-electron chi connectivity index (χ0n) is 7.47. The van der Waals surface area contributed by atoms with E-state index in [1.807, 2.05) is 13.1 Å². The molecule has 2 aromatic heterocycles. The van der Waals surface area contributed by atoms with Gasteiger partial charge in [0.2, 0.25) is 5.95 Å². The van der Waals surface area contributed by atoms with Crippen molar-refractivity contribution in [3.8, 4) is 0 Å². The molecule has 0 saturated heterocycles. The monoisotopic (exact) mass is 178 g/mol. The molecule has 0 bridgehead atoms. The second-order valence-electron chi connectivity index (χ2n) is 2.69. The molecule has 0 atom stereocenters. The van der Waals surface area contributed by atoms with Crippen LogP contribution in [-0.4, -0.2) is 26.4 Å². The van der Waals surface area contributed by atoms with Gasteiger partial charge >= 0.3 is 0 Å².